The molecule has 0 bridgehead atoms. The predicted octanol–water partition coefficient (Wildman–Crippen LogP) is 11.1. The van der Waals surface area contributed by atoms with E-state index >= 15 is 0 Å². The molecular formula is C42H72O4Si. The molecule has 5 heteroatoms. The summed E-state index contributed by atoms with van der Waals surface area (Å²) < 4.78 is 17.2. The Morgan fingerprint density at radius 1 is 0.894 bits per heavy atom. The fraction of sp³-hybridized carbons (Fsp3) is 0.786. The number of hydrogen-bond acceptors (Lipinski definition) is 4. The van der Waals surface area contributed by atoms with Crippen LogP contribution in [0.1, 0.15) is 147 Å². The normalized spacial score (nSPS) is 22.6. The molecule has 0 N–H and O–H groups in total. The molecular weight excluding hydrogens is 597 g/mol. The molecule has 1 unspecified atom stereocenters. The number of ether oxygens (including phenoxy) is 3. The fourth-order valence-electron chi connectivity index (χ4n) is 8.66. The second-order valence-corrected chi connectivity index (χ2v) is 20.8. The first kappa shape index (κ1) is 40.0. The Hall–Kier alpha value is -1.43. The Labute approximate surface area is 291 Å². The molecule has 3 rings (SSSR count). The summed E-state index contributed by atoms with van der Waals surface area (Å²) >= 11 is 0. The second kappa shape index (κ2) is 21.6. The molecule has 0 spiro atoms. The van der Waals surface area contributed by atoms with Crippen LogP contribution < -0.4 is 5.19 Å². The van der Waals surface area contributed by atoms with E-state index < -0.39 is 8.07 Å². The van der Waals surface area contributed by atoms with E-state index in [1.807, 2.05) is 0 Å². The van der Waals surface area contributed by atoms with Gasteiger partial charge in [-0.25, -0.2) is 4.79 Å². The molecule has 2 fully saturated rings. The maximum atomic E-state index is 12.4. The van der Waals surface area contributed by atoms with Gasteiger partial charge in [0, 0.05) is 25.2 Å². The third kappa shape index (κ3) is 13.8. The third-order valence-electron chi connectivity index (χ3n) is 11.6. The molecule has 2 aliphatic rings. The lowest BCUT2D eigenvalue weighted by molar-refractivity contribution is -0.140. The number of methoxy groups -OCH3 is 1. The van der Waals surface area contributed by atoms with Crippen LogP contribution in [-0.2, 0) is 25.6 Å². The summed E-state index contributed by atoms with van der Waals surface area (Å²) in [5.41, 5.74) is 3.17. The van der Waals surface area contributed by atoms with Gasteiger partial charge in [-0.15, -0.1) is 0 Å². The maximum absolute atomic E-state index is 12.4. The molecule has 0 heterocycles. The van der Waals surface area contributed by atoms with Crippen LogP contribution in [0.5, 0.6) is 0 Å². The molecule has 2 saturated carbocycles. The third-order valence-corrected chi connectivity index (χ3v) is 15.2. The zero-order valence-corrected chi connectivity index (χ0v) is 32.5. The number of esters is 1. The molecule has 2 aliphatic carbocycles. The summed E-state index contributed by atoms with van der Waals surface area (Å²) in [7, 11) is 0.0567. The molecule has 4 nitrogen and oxygen atoms in total. The van der Waals surface area contributed by atoms with Gasteiger partial charge in [-0.3, -0.25) is 0 Å². The predicted molar refractivity (Wildman–Crippen MR) is 202 cm³/mol. The number of rotatable bonds is 22. The summed E-state index contributed by atoms with van der Waals surface area (Å²) in [6.07, 6.45) is 22.8. The SMILES string of the molecule is C=C(C)C(=O)OCc1cc(C2CCC(C3CCC(CCCCC)CC3)CC2)ccc1[Si](C)(C)CCCCCOCC(CCC)COC. The van der Waals surface area contributed by atoms with E-state index in [2.05, 4.69) is 51.7 Å². The van der Waals surface area contributed by atoms with Crippen molar-refractivity contribution in [1.29, 1.82) is 0 Å². The van der Waals surface area contributed by atoms with E-state index in [0.29, 0.717) is 24.0 Å². The van der Waals surface area contributed by atoms with Crippen molar-refractivity contribution in [2.75, 3.05) is 26.9 Å². The number of benzene rings is 1. The Balaban J connectivity index is 1.54. The zero-order valence-electron chi connectivity index (χ0n) is 31.5. The molecule has 0 radical (unpaired) electrons. The molecule has 1 atom stereocenters. The smallest absolute Gasteiger partial charge is 0.333 e. The Morgan fingerprint density at radius 3 is 2.23 bits per heavy atom. The minimum absolute atomic E-state index is 0.284. The lowest BCUT2D eigenvalue weighted by atomic mass is 9.68. The Morgan fingerprint density at radius 2 is 1.60 bits per heavy atom. The summed E-state index contributed by atoms with van der Waals surface area (Å²) in [4.78, 5) is 12.4. The van der Waals surface area contributed by atoms with Crippen molar-refractivity contribution < 1.29 is 19.0 Å². The van der Waals surface area contributed by atoms with Crippen LogP contribution in [0, 0.1) is 23.7 Å². The van der Waals surface area contributed by atoms with Crippen molar-refractivity contribution in [2.24, 2.45) is 23.7 Å². The first-order chi connectivity index (χ1) is 22.7. The highest BCUT2D eigenvalue weighted by atomic mass is 28.3. The molecule has 1 aromatic rings. The van der Waals surface area contributed by atoms with Crippen LogP contribution in [0.2, 0.25) is 19.1 Å². The van der Waals surface area contributed by atoms with Gasteiger partial charge in [-0.1, -0.05) is 121 Å². The van der Waals surface area contributed by atoms with Gasteiger partial charge >= 0.3 is 5.97 Å². The molecule has 0 saturated heterocycles. The standard InChI is InChI=1S/C42H72O4Si/c1-8-10-12-16-34-17-19-36(20-18-34)37-21-23-38(24-22-37)39-25-26-41(40(29-39)32-46-42(43)33(3)4)47(6,7)28-14-11-13-27-45-31-35(15-9-2)30-44-5/h25-26,29,34-38H,3,8-24,27-28,30-32H2,1-2,4-7H3. The van der Waals surface area contributed by atoms with Crippen molar-refractivity contribution in [3.8, 4) is 0 Å². The van der Waals surface area contributed by atoms with Gasteiger partial charge in [0.25, 0.3) is 0 Å². The molecule has 47 heavy (non-hydrogen) atoms. The zero-order chi connectivity index (χ0) is 34.1. The largest absolute Gasteiger partial charge is 0.457 e. The van der Waals surface area contributed by atoms with Crippen LogP contribution in [0.25, 0.3) is 0 Å². The molecule has 0 amide bonds. The van der Waals surface area contributed by atoms with Gasteiger partial charge in [0.05, 0.1) is 21.3 Å². The summed E-state index contributed by atoms with van der Waals surface area (Å²) in [5, 5.41) is 1.46. The minimum Gasteiger partial charge on any atom is -0.457 e. The monoisotopic (exact) mass is 669 g/mol. The van der Waals surface area contributed by atoms with Crippen molar-refractivity contribution >= 4 is 19.2 Å². The fourth-order valence-corrected chi connectivity index (χ4v) is 11.6. The first-order valence-electron chi connectivity index (χ1n) is 19.7. The van der Waals surface area contributed by atoms with E-state index in [4.69, 9.17) is 14.2 Å². The molecule has 0 aliphatic heterocycles. The number of unbranched alkanes of at least 4 members (excludes halogenated alkanes) is 4. The minimum atomic E-state index is -1.72. The maximum Gasteiger partial charge on any atom is 0.333 e. The van der Waals surface area contributed by atoms with E-state index in [9.17, 15) is 4.79 Å². The van der Waals surface area contributed by atoms with E-state index in [0.717, 1.165) is 50.4 Å². The highest BCUT2D eigenvalue weighted by Crippen LogP contribution is 2.44. The van der Waals surface area contributed by atoms with Crippen molar-refractivity contribution in [2.45, 2.75) is 162 Å². The lowest BCUT2D eigenvalue weighted by Crippen LogP contribution is -2.43. The lowest BCUT2D eigenvalue weighted by Gasteiger charge is -2.38. The van der Waals surface area contributed by atoms with Gasteiger partial charge < -0.3 is 14.2 Å². The van der Waals surface area contributed by atoms with Crippen LogP contribution in [0.3, 0.4) is 0 Å². The van der Waals surface area contributed by atoms with Crippen molar-refractivity contribution in [3.05, 3.63) is 41.5 Å². The van der Waals surface area contributed by atoms with Crippen molar-refractivity contribution in [1.82, 2.24) is 0 Å². The van der Waals surface area contributed by atoms with Crippen LogP contribution in [0.15, 0.2) is 30.4 Å². The Kier molecular flexibility index (Phi) is 18.4. The molecule has 1 aromatic carbocycles. The van der Waals surface area contributed by atoms with Crippen LogP contribution >= 0.6 is 0 Å². The molecule has 268 valence electrons. The average Bonchev–Trinajstić information content (AvgIpc) is 3.07. The first-order valence-corrected chi connectivity index (χ1v) is 22.9. The number of carbonyl (C=O) groups excluding carboxylic acids is 1. The van der Waals surface area contributed by atoms with Gasteiger partial charge in [0.2, 0.25) is 0 Å². The summed E-state index contributed by atoms with van der Waals surface area (Å²) in [5.74, 6) is 3.75. The van der Waals surface area contributed by atoms with E-state index in [1.54, 1.807) is 14.0 Å². The van der Waals surface area contributed by atoms with E-state index in [-0.39, 0.29) is 5.97 Å². The summed E-state index contributed by atoms with van der Waals surface area (Å²) in [6, 6.07) is 8.51. The highest BCUT2D eigenvalue weighted by molar-refractivity contribution is 6.90. The quantitative estimate of drug-likeness (QED) is 0.0534. The Bertz CT molecular complexity index is 1030. The highest BCUT2D eigenvalue weighted by Gasteiger charge is 2.32. The van der Waals surface area contributed by atoms with Gasteiger partial charge in [-0.2, -0.15) is 0 Å². The molecule has 0 aromatic heterocycles. The number of carbonyl (C=O) groups is 1. The van der Waals surface area contributed by atoms with Crippen LogP contribution in [0.4, 0.5) is 0 Å². The van der Waals surface area contributed by atoms with Crippen molar-refractivity contribution in [3.63, 3.8) is 0 Å². The van der Waals surface area contributed by atoms with Gasteiger partial charge in [0.15, 0.2) is 0 Å². The van der Waals surface area contributed by atoms with Crippen LogP contribution in [-0.4, -0.2) is 41.0 Å². The van der Waals surface area contributed by atoms with E-state index in [1.165, 1.54) is 119 Å². The topological polar surface area (TPSA) is 44.8 Å². The average molecular weight is 669 g/mol. The van der Waals surface area contributed by atoms with Gasteiger partial charge in [0.1, 0.15) is 6.61 Å². The number of hydrogen-bond donors (Lipinski definition) is 0. The second-order valence-electron chi connectivity index (χ2n) is 16.0. The van der Waals surface area contributed by atoms with Gasteiger partial charge in [-0.05, 0) is 93.1 Å². The summed E-state index contributed by atoms with van der Waals surface area (Å²) in [6.45, 7) is 17.9.